The van der Waals surface area contributed by atoms with Crippen LogP contribution >= 0.6 is 0 Å². The van der Waals surface area contributed by atoms with Crippen molar-refractivity contribution in [3.8, 4) is 0 Å². The third kappa shape index (κ3) is 210. The third-order valence-electron chi connectivity index (χ3n) is 7.80. The SMILES string of the molecule is CC[Si](C)(CC)CC.C[CH2][Ge]([CH3])([CH2]C)[CH2]C.C[Si](C)(C)C.[2H]C(C)(C)C.[2H]C(C)(C)CC.[2H]C(C)(CC)CC.[2H]C(C)C.[2H]C(C)CC.[2H]C([2H])(C)C.[2H]C([2H])(C)CC.[CH3][Ge]([CH3])([CH3])[CH3]. The summed E-state index contributed by atoms with van der Waals surface area (Å²) in [5.74, 6) is 11.4. The molecule has 0 aromatic carbocycles. The zero-order chi connectivity index (χ0) is 55.4. The predicted octanol–water partition coefficient (Wildman–Crippen LogP) is 22.8. The molecule has 0 saturated heterocycles. The van der Waals surface area contributed by atoms with Crippen molar-refractivity contribution in [1.82, 2.24) is 0 Å². The van der Waals surface area contributed by atoms with Crippen molar-refractivity contribution in [2.45, 2.75) is 312 Å². The minimum atomic E-state index is -1.12. The van der Waals surface area contributed by atoms with Gasteiger partial charge in [0.05, 0.1) is 0 Å². The van der Waals surface area contributed by atoms with E-state index in [1.165, 1.54) is 47.7 Å². The van der Waals surface area contributed by atoms with Crippen LogP contribution in [0.2, 0.25) is 95.4 Å². The molecule has 55 heavy (non-hydrogen) atoms. The van der Waals surface area contributed by atoms with Gasteiger partial charge in [0.2, 0.25) is 0 Å². The molecule has 4 heteroatoms. The van der Waals surface area contributed by atoms with E-state index in [0.717, 1.165) is 25.7 Å². The van der Waals surface area contributed by atoms with Crippen molar-refractivity contribution < 1.29 is 12.3 Å². The van der Waals surface area contributed by atoms with Gasteiger partial charge in [-0.05, 0) is 17.7 Å². The van der Waals surface area contributed by atoms with Crippen LogP contribution in [0.1, 0.15) is 229 Å². The topological polar surface area (TPSA) is 0 Å². The second-order valence-electron chi connectivity index (χ2n) is 19.1. The minimum absolute atomic E-state index is 0.0833. The Balaban J connectivity index is -0.0000000540. The monoisotopic (exact) mass is 958 g/mol. The molecule has 1 atom stereocenters. The molecule has 0 amide bonds. The fourth-order valence-electron chi connectivity index (χ4n) is 1.75. The van der Waals surface area contributed by atoms with Crippen molar-refractivity contribution >= 4 is 42.7 Å². The average molecular weight is 956 g/mol. The summed E-state index contributed by atoms with van der Waals surface area (Å²) >= 11 is -2.12. The molecule has 0 spiro atoms. The van der Waals surface area contributed by atoms with E-state index in [0.29, 0.717) is 6.42 Å². The summed E-state index contributed by atoms with van der Waals surface area (Å²) in [5.41, 5.74) is 0. The van der Waals surface area contributed by atoms with Gasteiger partial charge >= 0.3 is 91.8 Å². The van der Waals surface area contributed by atoms with Crippen molar-refractivity contribution in [3.63, 3.8) is 0 Å². The van der Waals surface area contributed by atoms with E-state index in [1.807, 2.05) is 83.1 Å². The summed E-state index contributed by atoms with van der Waals surface area (Å²) < 4.78 is 61.9. The zero-order valence-electron chi connectivity index (χ0n) is 55.4. The first kappa shape index (κ1) is 58.6. The van der Waals surface area contributed by atoms with Gasteiger partial charge in [0.1, 0.15) is 0 Å². The molecule has 0 bridgehead atoms. The number of rotatable bonds is 11. The van der Waals surface area contributed by atoms with E-state index < -0.39 is 55.4 Å². The Morgan fingerprint density at radius 3 is 0.655 bits per heavy atom. The van der Waals surface area contributed by atoms with Gasteiger partial charge in [0.15, 0.2) is 0 Å². The van der Waals surface area contributed by atoms with Crippen LogP contribution in [0.3, 0.4) is 0 Å². The summed E-state index contributed by atoms with van der Waals surface area (Å²) in [6.45, 7) is 57.3. The van der Waals surface area contributed by atoms with Gasteiger partial charge in [0.25, 0.3) is 0 Å². The van der Waals surface area contributed by atoms with Crippen molar-refractivity contribution in [3.05, 3.63) is 0 Å². The molecule has 0 rings (SSSR count). The molecule has 0 aliphatic rings. The van der Waals surface area contributed by atoms with Crippen molar-refractivity contribution in [1.29, 1.82) is 0 Å². The zero-order valence-corrected chi connectivity index (χ0v) is 52.6. The first-order valence-corrected chi connectivity index (χ1v) is 45.0. The Hall–Kier alpha value is 1.52. The molecule has 0 N–H and O–H groups in total. The molecule has 0 saturated carbocycles. The summed E-state index contributed by atoms with van der Waals surface area (Å²) in [7, 11) is -1.28. The molecule has 0 aromatic heterocycles. The average Bonchev–Trinajstić information content (AvgIpc) is 3.08. The Morgan fingerprint density at radius 1 is 0.491 bits per heavy atom. The molecule has 0 nitrogen and oxygen atoms in total. The summed E-state index contributed by atoms with van der Waals surface area (Å²) in [5, 5.41) is 4.52. The van der Waals surface area contributed by atoms with Crippen molar-refractivity contribution in [2.24, 2.45) is 17.7 Å². The van der Waals surface area contributed by atoms with Gasteiger partial charge < -0.3 is 0 Å². The molecule has 0 radical (unpaired) electrons. The van der Waals surface area contributed by atoms with Crippen LogP contribution in [0.25, 0.3) is 0 Å². The van der Waals surface area contributed by atoms with Gasteiger partial charge in [-0.25, -0.2) is 0 Å². The van der Waals surface area contributed by atoms with Crippen LogP contribution in [-0.2, 0) is 0 Å². The van der Waals surface area contributed by atoms with Gasteiger partial charge in [0, 0.05) is 28.5 Å². The molecule has 0 heterocycles. The molecule has 0 aliphatic carbocycles. The fraction of sp³-hybridized carbons (Fsp3) is 1.00. The Kier molecular flexibility index (Phi) is 71.7. The molecule has 0 aromatic rings. The number of hydrogen-bond acceptors (Lipinski definition) is 0. The third-order valence-corrected chi connectivity index (χ3v) is 23.7. The van der Waals surface area contributed by atoms with Crippen LogP contribution in [0.15, 0.2) is 0 Å². The molecule has 0 aliphatic heterocycles. The van der Waals surface area contributed by atoms with E-state index in [4.69, 9.17) is 12.3 Å². The van der Waals surface area contributed by atoms with Crippen LogP contribution in [-0.4, -0.2) is 42.7 Å². The number of hydrogen-bond donors (Lipinski definition) is 0. The second-order valence-corrected chi connectivity index (χ2v) is 55.4. The van der Waals surface area contributed by atoms with Gasteiger partial charge in [-0.2, -0.15) is 0 Å². The fourth-order valence-corrected chi connectivity index (χ4v) is 6.40. The van der Waals surface area contributed by atoms with E-state index in [9.17, 15) is 0 Å². The Morgan fingerprint density at radius 2 is 0.655 bits per heavy atom. The molecule has 352 valence electrons. The second kappa shape index (κ2) is 67.3. The van der Waals surface area contributed by atoms with E-state index >= 15 is 0 Å². The Labute approximate surface area is 383 Å². The summed E-state index contributed by atoms with van der Waals surface area (Å²) in [6.07, 6.45) is 2.70. The summed E-state index contributed by atoms with van der Waals surface area (Å²) in [6, 6.07) is 4.38. The van der Waals surface area contributed by atoms with Crippen LogP contribution < -0.4 is 0 Å². The molecule has 0 fully saturated rings. The normalized spacial score (nSPS) is 14.2. The van der Waals surface area contributed by atoms with E-state index in [2.05, 4.69) is 117 Å². The predicted molar refractivity (Wildman–Crippen MR) is 293 cm³/mol. The maximum absolute atomic E-state index is 7.42. The van der Waals surface area contributed by atoms with E-state index in [-0.39, 0.29) is 30.5 Å². The van der Waals surface area contributed by atoms with E-state index in [1.54, 1.807) is 6.92 Å². The first-order valence-electron chi connectivity index (χ1n) is 27.6. The Bertz CT molecular complexity index is 729. The van der Waals surface area contributed by atoms with Crippen LogP contribution in [0.4, 0.5) is 0 Å². The quantitative estimate of drug-likeness (QED) is 0.181. The van der Waals surface area contributed by atoms with Gasteiger partial charge in [-0.3, -0.25) is 0 Å². The van der Waals surface area contributed by atoms with Crippen molar-refractivity contribution in [2.75, 3.05) is 0 Å². The first-order chi connectivity index (χ1) is 27.6. The van der Waals surface area contributed by atoms with Gasteiger partial charge in [-0.15, -0.1) is 0 Å². The molecular formula is C51H132Ge2Si2. The standard InChI is InChI=1S/C7H18Ge.C7H18Si.C6H14.C5H12.C4H12Ge.C4H12Si.3C4H10.2C3H8/c2*1-5-8(4,6-2)7-3;1-4-6(3)5-2;1-4-5(2)3;2*1-5(2,3)4;1-4(2)3;2*1-3-4-2;2*1-3-2/h2*5-7H2,1-4H3;6H,4-5H2,1-3H3;5H,4H2,1-3H3;2*1-4H3;4H,1-3H3;2*3-4H2,1-2H3;2*3H2,1-2H3/i;;6D;5D;;;4D;3D2;3D;3D2;3D. The maximum atomic E-state index is 7.42. The molecule has 1 unspecified atom stereocenters. The summed E-state index contributed by atoms with van der Waals surface area (Å²) in [4.78, 5) is 0. The molecular weight excluding hydrogens is 814 g/mol. The van der Waals surface area contributed by atoms with Crippen LogP contribution in [0, 0.1) is 17.7 Å². The van der Waals surface area contributed by atoms with Crippen LogP contribution in [0.5, 0.6) is 0 Å². The van der Waals surface area contributed by atoms with Gasteiger partial charge in [-0.1, -0.05) is 247 Å².